The second-order valence-corrected chi connectivity index (χ2v) is 5.47. The molecule has 6 heteroatoms. The Hall–Kier alpha value is -1.82. The molecule has 1 aromatic carbocycles. The fourth-order valence-corrected chi connectivity index (χ4v) is 2.42. The van der Waals surface area contributed by atoms with Gasteiger partial charge >= 0.3 is 0 Å². The van der Waals surface area contributed by atoms with Crippen molar-refractivity contribution in [2.45, 2.75) is 26.3 Å². The fourth-order valence-electron chi connectivity index (χ4n) is 2.27. The van der Waals surface area contributed by atoms with Crippen LogP contribution in [0.1, 0.15) is 30.9 Å². The number of carbonyl (C=O) groups excluding carboxylic acids is 2. The number of imide groups is 1. The molecule has 0 unspecified atom stereocenters. The summed E-state index contributed by atoms with van der Waals surface area (Å²) in [7, 11) is 0. The molecule has 0 saturated carbocycles. The number of halogens is 1. The molecular weight excluding hydrogens is 279 g/mol. The summed E-state index contributed by atoms with van der Waals surface area (Å²) in [5.74, 6) is -1.07. The molecule has 0 aliphatic carbocycles. The van der Waals surface area contributed by atoms with E-state index < -0.39 is 5.82 Å². The van der Waals surface area contributed by atoms with E-state index in [2.05, 4.69) is 0 Å². The van der Waals surface area contributed by atoms with E-state index in [4.69, 9.17) is 18.0 Å². The topological polar surface area (TPSA) is 63.4 Å². The van der Waals surface area contributed by atoms with Gasteiger partial charge in [-0.3, -0.25) is 14.5 Å². The van der Waals surface area contributed by atoms with Crippen molar-refractivity contribution in [1.29, 1.82) is 0 Å². The SMILES string of the molecule is CC1CC(=O)N(Cc2cccc(C(N)=S)c2F)C(=O)C1. The van der Waals surface area contributed by atoms with Gasteiger partial charge in [-0.2, -0.15) is 0 Å². The largest absolute Gasteiger partial charge is 0.389 e. The summed E-state index contributed by atoms with van der Waals surface area (Å²) in [6, 6.07) is 4.60. The zero-order chi connectivity index (χ0) is 14.9. The van der Waals surface area contributed by atoms with E-state index in [0.717, 1.165) is 4.90 Å². The van der Waals surface area contributed by atoms with Crippen molar-refractivity contribution in [2.75, 3.05) is 0 Å². The number of hydrogen-bond donors (Lipinski definition) is 1. The quantitative estimate of drug-likeness (QED) is 0.681. The molecule has 0 spiro atoms. The number of amides is 2. The molecule has 4 nitrogen and oxygen atoms in total. The number of carbonyl (C=O) groups is 2. The molecule has 2 N–H and O–H groups in total. The van der Waals surface area contributed by atoms with Crippen LogP contribution in [0.15, 0.2) is 18.2 Å². The molecule has 0 bridgehead atoms. The monoisotopic (exact) mass is 294 g/mol. The molecule has 20 heavy (non-hydrogen) atoms. The van der Waals surface area contributed by atoms with Gasteiger partial charge in [0.25, 0.3) is 0 Å². The number of likely N-dealkylation sites (tertiary alicyclic amines) is 1. The molecule has 2 amide bonds. The van der Waals surface area contributed by atoms with E-state index in [1.165, 1.54) is 12.1 Å². The molecule has 1 aliphatic heterocycles. The van der Waals surface area contributed by atoms with Gasteiger partial charge in [-0.15, -0.1) is 0 Å². The summed E-state index contributed by atoms with van der Waals surface area (Å²) in [5.41, 5.74) is 5.80. The molecule has 106 valence electrons. The lowest BCUT2D eigenvalue weighted by Gasteiger charge is -2.28. The predicted molar refractivity (Wildman–Crippen MR) is 76.2 cm³/mol. The maximum Gasteiger partial charge on any atom is 0.229 e. The van der Waals surface area contributed by atoms with Gasteiger partial charge in [0, 0.05) is 24.0 Å². The van der Waals surface area contributed by atoms with E-state index >= 15 is 0 Å². The van der Waals surface area contributed by atoms with E-state index in [0.29, 0.717) is 12.8 Å². The van der Waals surface area contributed by atoms with Crippen LogP contribution < -0.4 is 5.73 Å². The number of thiocarbonyl (C=S) groups is 1. The highest BCUT2D eigenvalue weighted by Crippen LogP contribution is 2.22. The Morgan fingerprint density at radius 2 is 2.00 bits per heavy atom. The molecule has 1 aromatic rings. The zero-order valence-corrected chi connectivity index (χ0v) is 11.9. The Balaban J connectivity index is 2.26. The molecule has 1 fully saturated rings. The first-order valence-electron chi connectivity index (χ1n) is 6.30. The number of nitrogens with two attached hydrogens (primary N) is 1. The Labute approximate surface area is 121 Å². The molecule has 1 aliphatic rings. The molecule has 0 atom stereocenters. The number of nitrogens with zero attached hydrogens (tertiary/aromatic N) is 1. The van der Waals surface area contributed by atoms with Crippen LogP contribution in [0.5, 0.6) is 0 Å². The first kappa shape index (κ1) is 14.6. The first-order valence-corrected chi connectivity index (χ1v) is 6.71. The lowest BCUT2D eigenvalue weighted by Crippen LogP contribution is -2.42. The van der Waals surface area contributed by atoms with Gasteiger partial charge in [0.1, 0.15) is 10.8 Å². The number of benzene rings is 1. The number of piperidine rings is 1. The van der Waals surface area contributed by atoms with Gasteiger partial charge in [-0.1, -0.05) is 31.3 Å². The molecule has 0 radical (unpaired) electrons. The fraction of sp³-hybridized carbons (Fsp3) is 0.357. The molecular formula is C14H15FN2O2S. The molecule has 0 aromatic heterocycles. The van der Waals surface area contributed by atoms with Crippen molar-refractivity contribution < 1.29 is 14.0 Å². The summed E-state index contributed by atoms with van der Waals surface area (Å²) in [6.45, 7) is 1.77. The van der Waals surface area contributed by atoms with E-state index in [1.54, 1.807) is 6.07 Å². The van der Waals surface area contributed by atoms with Gasteiger partial charge in [0.15, 0.2) is 0 Å². The Bertz CT molecular complexity index is 571. The Morgan fingerprint density at radius 3 is 2.55 bits per heavy atom. The van der Waals surface area contributed by atoms with Crippen molar-refractivity contribution >= 4 is 29.0 Å². The molecule has 1 heterocycles. The third kappa shape index (κ3) is 2.85. The minimum absolute atomic E-state index is 0.0408. The van der Waals surface area contributed by atoms with Crippen molar-refractivity contribution in [3.05, 3.63) is 35.1 Å². The van der Waals surface area contributed by atoms with Crippen LogP contribution in [-0.4, -0.2) is 21.7 Å². The maximum atomic E-state index is 14.2. The first-order chi connectivity index (χ1) is 9.40. The number of rotatable bonds is 3. The third-order valence-electron chi connectivity index (χ3n) is 3.32. The van der Waals surface area contributed by atoms with Crippen molar-refractivity contribution in [3.8, 4) is 0 Å². The van der Waals surface area contributed by atoms with E-state index in [1.807, 2.05) is 6.92 Å². The van der Waals surface area contributed by atoms with Crippen LogP contribution in [0.25, 0.3) is 0 Å². The summed E-state index contributed by atoms with van der Waals surface area (Å²) in [6.07, 6.45) is 0.616. The van der Waals surface area contributed by atoms with Crippen LogP contribution >= 0.6 is 12.2 Å². The van der Waals surface area contributed by atoms with Crippen LogP contribution in [0.2, 0.25) is 0 Å². The highest BCUT2D eigenvalue weighted by atomic mass is 32.1. The van der Waals surface area contributed by atoms with E-state index in [-0.39, 0.29) is 40.4 Å². The highest BCUT2D eigenvalue weighted by Gasteiger charge is 2.30. The van der Waals surface area contributed by atoms with Crippen molar-refractivity contribution in [2.24, 2.45) is 11.7 Å². The maximum absolute atomic E-state index is 14.2. The number of hydrogen-bond acceptors (Lipinski definition) is 3. The van der Waals surface area contributed by atoms with Crippen molar-refractivity contribution in [3.63, 3.8) is 0 Å². The molecule has 2 rings (SSSR count). The standard InChI is InChI=1S/C14H15FN2O2S/c1-8-5-11(18)17(12(19)6-8)7-9-3-2-4-10(13(9)15)14(16)20/h2-4,8H,5-7H2,1H3,(H2,16,20). The lowest BCUT2D eigenvalue weighted by atomic mass is 9.97. The minimum Gasteiger partial charge on any atom is -0.389 e. The second kappa shape index (κ2) is 5.66. The minimum atomic E-state index is -0.570. The highest BCUT2D eigenvalue weighted by molar-refractivity contribution is 7.80. The van der Waals surface area contributed by atoms with Gasteiger partial charge in [0.2, 0.25) is 11.8 Å². The molecule has 1 saturated heterocycles. The van der Waals surface area contributed by atoms with Crippen LogP contribution in [0.3, 0.4) is 0 Å². The van der Waals surface area contributed by atoms with Crippen LogP contribution in [-0.2, 0) is 16.1 Å². The van der Waals surface area contributed by atoms with Gasteiger partial charge in [-0.25, -0.2) is 4.39 Å². The summed E-state index contributed by atoms with van der Waals surface area (Å²) in [4.78, 5) is 24.8. The normalized spacial score (nSPS) is 16.6. The van der Waals surface area contributed by atoms with Crippen LogP contribution in [0.4, 0.5) is 4.39 Å². The average Bonchev–Trinajstić information content (AvgIpc) is 2.35. The average molecular weight is 294 g/mol. The zero-order valence-electron chi connectivity index (χ0n) is 11.1. The van der Waals surface area contributed by atoms with Gasteiger partial charge in [-0.05, 0) is 12.0 Å². The second-order valence-electron chi connectivity index (χ2n) is 5.03. The predicted octanol–water partition coefficient (Wildman–Crippen LogP) is 1.75. The summed E-state index contributed by atoms with van der Waals surface area (Å²) in [5, 5.41) is 0. The lowest BCUT2D eigenvalue weighted by molar-refractivity contribution is -0.150. The van der Waals surface area contributed by atoms with Crippen molar-refractivity contribution in [1.82, 2.24) is 4.90 Å². The summed E-state index contributed by atoms with van der Waals surface area (Å²) >= 11 is 4.77. The Kier molecular flexibility index (Phi) is 4.13. The third-order valence-corrected chi connectivity index (χ3v) is 3.54. The van der Waals surface area contributed by atoms with Gasteiger partial charge in [0.05, 0.1) is 6.54 Å². The van der Waals surface area contributed by atoms with E-state index in [9.17, 15) is 14.0 Å². The van der Waals surface area contributed by atoms with Crippen LogP contribution in [0, 0.1) is 11.7 Å². The Morgan fingerprint density at radius 1 is 1.40 bits per heavy atom. The van der Waals surface area contributed by atoms with Gasteiger partial charge < -0.3 is 5.73 Å². The summed E-state index contributed by atoms with van der Waals surface area (Å²) < 4.78 is 14.2. The smallest absolute Gasteiger partial charge is 0.229 e.